The first-order valence-corrected chi connectivity index (χ1v) is 5.20. The molecule has 6 nitrogen and oxygen atoms in total. The number of aryl methyl sites for hydroxylation is 1. The van der Waals surface area contributed by atoms with Crippen molar-refractivity contribution < 1.29 is 4.52 Å². The average Bonchev–Trinajstić information content (AvgIpc) is 2.79. The zero-order valence-electron chi connectivity index (χ0n) is 9.07. The molecule has 0 saturated heterocycles. The van der Waals surface area contributed by atoms with Crippen LogP contribution in [0.25, 0.3) is 0 Å². The molecule has 1 N–H and O–H groups in total. The van der Waals surface area contributed by atoms with Crippen LogP contribution in [0.2, 0.25) is 5.15 Å². The van der Waals surface area contributed by atoms with Crippen LogP contribution >= 0.6 is 11.6 Å². The molecule has 0 aliphatic carbocycles. The quantitative estimate of drug-likeness (QED) is 0.867. The number of imidazole rings is 1. The maximum absolute atomic E-state index is 5.86. The van der Waals surface area contributed by atoms with Crippen LogP contribution in [0.4, 0.5) is 0 Å². The number of hydrogen-bond acceptors (Lipinski definition) is 5. The van der Waals surface area contributed by atoms with Crippen molar-refractivity contribution in [3.05, 3.63) is 28.9 Å². The fourth-order valence-corrected chi connectivity index (χ4v) is 1.43. The second kappa shape index (κ2) is 4.63. The third-order valence-corrected chi connectivity index (χ3v) is 2.51. The minimum absolute atomic E-state index is 0.519. The predicted molar refractivity (Wildman–Crippen MR) is 57.8 cm³/mol. The zero-order valence-corrected chi connectivity index (χ0v) is 9.82. The smallest absolute Gasteiger partial charge is 0.240 e. The lowest BCUT2D eigenvalue weighted by Crippen LogP contribution is -2.16. The van der Waals surface area contributed by atoms with E-state index >= 15 is 0 Å². The van der Waals surface area contributed by atoms with E-state index < -0.39 is 0 Å². The Morgan fingerprint density at radius 3 is 2.88 bits per heavy atom. The Balaban J connectivity index is 1.86. The summed E-state index contributed by atoms with van der Waals surface area (Å²) in [5.41, 5.74) is 0. The van der Waals surface area contributed by atoms with E-state index in [0.717, 1.165) is 5.82 Å². The van der Waals surface area contributed by atoms with E-state index in [-0.39, 0.29) is 0 Å². The van der Waals surface area contributed by atoms with Gasteiger partial charge in [-0.3, -0.25) is 0 Å². The first kappa shape index (κ1) is 11.1. The van der Waals surface area contributed by atoms with Gasteiger partial charge in [-0.15, -0.1) is 0 Å². The molecule has 7 heteroatoms. The fraction of sp³-hybridized carbons (Fsp3) is 0.444. The van der Waals surface area contributed by atoms with Gasteiger partial charge in [0.1, 0.15) is 11.0 Å². The van der Waals surface area contributed by atoms with Crippen LogP contribution in [-0.2, 0) is 20.1 Å². The molecule has 2 aromatic rings. The number of hydrogen-bond donors (Lipinski definition) is 1. The standard InChI is InChI=1S/C9H12ClN5O/c1-6-13-9(16-14-6)5-11-4-8-12-3-7(10)15(8)2/h3,11H,4-5H2,1-2H3. The van der Waals surface area contributed by atoms with Crippen molar-refractivity contribution in [2.75, 3.05) is 0 Å². The van der Waals surface area contributed by atoms with Gasteiger partial charge in [-0.25, -0.2) is 4.98 Å². The number of rotatable bonds is 4. The van der Waals surface area contributed by atoms with E-state index in [2.05, 4.69) is 20.4 Å². The Morgan fingerprint density at radius 2 is 2.31 bits per heavy atom. The van der Waals surface area contributed by atoms with Crippen molar-refractivity contribution >= 4 is 11.6 Å². The lowest BCUT2D eigenvalue weighted by molar-refractivity contribution is 0.363. The predicted octanol–water partition coefficient (Wildman–Crippen LogP) is 1.05. The lowest BCUT2D eigenvalue weighted by atomic mass is 10.5. The van der Waals surface area contributed by atoms with E-state index in [1.54, 1.807) is 13.1 Å². The maximum Gasteiger partial charge on any atom is 0.240 e. The normalized spacial score (nSPS) is 10.9. The highest BCUT2D eigenvalue weighted by Gasteiger charge is 2.05. The van der Waals surface area contributed by atoms with Gasteiger partial charge in [0, 0.05) is 7.05 Å². The minimum atomic E-state index is 0.519. The Bertz CT molecular complexity index is 478. The molecule has 0 aliphatic heterocycles. The van der Waals surface area contributed by atoms with Crippen LogP contribution in [0.15, 0.2) is 10.7 Å². The van der Waals surface area contributed by atoms with E-state index in [1.807, 2.05) is 11.6 Å². The molecule has 0 aliphatic rings. The molecule has 0 bridgehead atoms. The van der Waals surface area contributed by atoms with E-state index in [4.69, 9.17) is 16.1 Å². The Labute approximate surface area is 97.6 Å². The second-order valence-corrected chi connectivity index (χ2v) is 3.78. The highest BCUT2D eigenvalue weighted by atomic mass is 35.5. The van der Waals surface area contributed by atoms with Crippen LogP contribution in [0.1, 0.15) is 17.5 Å². The van der Waals surface area contributed by atoms with Crippen molar-refractivity contribution in [1.29, 1.82) is 0 Å². The van der Waals surface area contributed by atoms with Gasteiger partial charge in [0.05, 0.1) is 19.3 Å². The van der Waals surface area contributed by atoms with Gasteiger partial charge in [-0.1, -0.05) is 16.8 Å². The molecule has 0 unspecified atom stereocenters. The maximum atomic E-state index is 5.86. The van der Waals surface area contributed by atoms with E-state index in [1.165, 1.54) is 0 Å². The molecular weight excluding hydrogens is 230 g/mol. The van der Waals surface area contributed by atoms with Gasteiger partial charge in [-0.05, 0) is 6.92 Å². The Hall–Kier alpha value is -1.40. The first-order chi connectivity index (χ1) is 7.66. The van der Waals surface area contributed by atoms with Crippen LogP contribution < -0.4 is 5.32 Å². The largest absolute Gasteiger partial charge is 0.338 e. The summed E-state index contributed by atoms with van der Waals surface area (Å²) in [5, 5.41) is 7.46. The van der Waals surface area contributed by atoms with Gasteiger partial charge < -0.3 is 14.4 Å². The summed E-state index contributed by atoms with van der Waals surface area (Å²) in [4.78, 5) is 8.23. The Morgan fingerprint density at radius 1 is 1.50 bits per heavy atom. The minimum Gasteiger partial charge on any atom is -0.338 e. The number of nitrogens with zero attached hydrogens (tertiary/aromatic N) is 4. The molecule has 2 aromatic heterocycles. The topological polar surface area (TPSA) is 68.8 Å². The Kier molecular flexibility index (Phi) is 3.21. The van der Waals surface area contributed by atoms with Gasteiger partial charge in [0.25, 0.3) is 0 Å². The number of halogens is 1. The molecule has 0 saturated carbocycles. The third-order valence-electron chi connectivity index (χ3n) is 2.16. The van der Waals surface area contributed by atoms with Gasteiger partial charge in [-0.2, -0.15) is 4.98 Å². The molecule has 0 atom stereocenters. The van der Waals surface area contributed by atoms with Gasteiger partial charge >= 0.3 is 0 Å². The number of nitrogens with one attached hydrogen (secondary N) is 1. The molecule has 16 heavy (non-hydrogen) atoms. The van der Waals surface area contributed by atoms with Crippen molar-refractivity contribution in [3.63, 3.8) is 0 Å². The molecular formula is C9H12ClN5O. The van der Waals surface area contributed by atoms with Gasteiger partial charge in [0.15, 0.2) is 5.82 Å². The van der Waals surface area contributed by atoms with Crippen molar-refractivity contribution in [1.82, 2.24) is 25.0 Å². The van der Waals surface area contributed by atoms with Crippen molar-refractivity contribution in [2.45, 2.75) is 20.0 Å². The SMILES string of the molecule is Cc1noc(CNCc2ncc(Cl)n2C)n1. The van der Waals surface area contributed by atoms with Crippen molar-refractivity contribution in [2.24, 2.45) is 7.05 Å². The van der Waals surface area contributed by atoms with Gasteiger partial charge in [0.2, 0.25) is 5.89 Å². The molecule has 2 heterocycles. The van der Waals surface area contributed by atoms with E-state index in [0.29, 0.717) is 30.0 Å². The highest BCUT2D eigenvalue weighted by Crippen LogP contribution is 2.08. The summed E-state index contributed by atoms with van der Waals surface area (Å²) >= 11 is 5.86. The van der Waals surface area contributed by atoms with Crippen LogP contribution in [0, 0.1) is 6.92 Å². The number of aromatic nitrogens is 4. The van der Waals surface area contributed by atoms with Crippen LogP contribution in [-0.4, -0.2) is 19.7 Å². The highest BCUT2D eigenvalue weighted by molar-refractivity contribution is 6.29. The lowest BCUT2D eigenvalue weighted by Gasteiger charge is -2.02. The molecule has 2 rings (SSSR count). The monoisotopic (exact) mass is 241 g/mol. The summed E-state index contributed by atoms with van der Waals surface area (Å²) in [6, 6.07) is 0. The van der Waals surface area contributed by atoms with E-state index in [9.17, 15) is 0 Å². The summed E-state index contributed by atoms with van der Waals surface area (Å²) in [6.45, 7) is 2.90. The molecule has 0 fully saturated rings. The molecule has 0 amide bonds. The molecule has 0 radical (unpaired) electrons. The third kappa shape index (κ3) is 2.40. The second-order valence-electron chi connectivity index (χ2n) is 3.40. The summed E-state index contributed by atoms with van der Waals surface area (Å²) in [7, 11) is 1.86. The van der Waals surface area contributed by atoms with Crippen LogP contribution in [0.3, 0.4) is 0 Å². The fourth-order valence-electron chi connectivity index (χ4n) is 1.28. The summed E-state index contributed by atoms with van der Waals surface area (Å²) in [5.74, 6) is 2.07. The molecule has 86 valence electrons. The molecule has 0 aromatic carbocycles. The molecule has 0 spiro atoms. The van der Waals surface area contributed by atoms with Crippen molar-refractivity contribution in [3.8, 4) is 0 Å². The first-order valence-electron chi connectivity index (χ1n) is 4.83. The zero-order chi connectivity index (χ0) is 11.5. The summed E-state index contributed by atoms with van der Waals surface area (Å²) in [6.07, 6.45) is 1.62. The summed E-state index contributed by atoms with van der Waals surface area (Å²) < 4.78 is 6.77. The van der Waals surface area contributed by atoms with Crippen LogP contribution in [0.5, 0.6) is 0 Å². The average molecular weight is 242 g/mol.